The van der Waals surface area contributed by atoms with Crippen LogP contribution in [0.3, 0.4) is 0 Å². The van der Waals surface area contributed by atoms with Gasteiger partial charge in [-0.1, -0.05) is 30.3 Å². The van der Waals surface area contributed by atoms with Gasteiger partial charge in [-0.2, -0.15) is 5.10 Å². The fraction of sp³-hybridized carbons (Fsp3) is 0.333. The normalized spacial score (nSPS) is 15.3. The zero-order valence-electron chi connectivity index (χ0n) is 16.0. The molecule has 0 saturated carbocycles. The number of nitrogens with zero attached hydrogens (tertiary/aromatic N) is 3. The summed E-state index contributed by atoms with van der Waals surface area (Å²) in [6.45, 7) is 9.62. The van der Waals surface area contributed by atoms with Crippen LogP contribution in [-0.2, 0) is 6.54 Å². The highest BCUT2D eigenvalue weighted by Crippen LogP contribution is 2.23. The van der Waals surface area contributed by atoms with Crippen LogP contribution in [0.5, 0.6) is 0 Å². The number of rotatable bonds is 5. The first-order chi connectivity index (χ1) is 13.0. The van der Waals surface area contributed by atoms with E-state index >= 15 is 0 Å². The van der Waals surface area contributed by atoms with Gasteiger partial charge in [0.1, 0.15) is 0 Å². The van der Waals surface area contributed by atoms with Crippen LogP contribution < -0.4 is 16.1 Å². The molecule has 0 aliphatic carbocycles. The molecule has 1 saturated heterocycles. The SMILES string of the molecule is Cc1ccccc1CN1CCN(c2ccc(/C=N/NC(N)=S)cc2C)CC1. The summed E-state index contributed by atoms with van der Waals surface area (Å²) in [6.07, 6.45) is 1.73. The summed E-state index contributed by atoms with van der Waals surface area (Å²) in [7, 11) is 0. The molecule has 2 aromatic carbocycles. The van der Waals surface area contributed by atoms with Crippen molar-refractivity contribution < 1.29 is 0 Å². The third-order valence-electron chi connectivity index (χ3n) is 4.98. The number of nitrogens with two attached hydrogens (primary N) is 1. The van der Waals surface area contributed by atoms with E-state index in [1.54, 1.807) is 6.21 Å². The number of anilines is 1. The Balaban J connectivity index is 1.58. The maximum atomic E-state index is 5.37. The van der Waals surface area contributed by atoms with Gasteiger partial charge in [0.25, 0.3) is 0 Å². The average molecular weight is 382 g/mol. The smallest absolute Gasteiger partial charge is 0.184 e. The first-order valence-corrected chi connectivity index (χ1v) is 9.65. The van der Waals surface area contributed by atoms with E-state index < -0.39 is 0 Å². The van der Waals surface area contributed by atoms with Crippen LogP contribution in [0.15, 0.2) is 47.6 Å². The molecular formula is C21H27N5S. The number of aryl methyl sites for hydroxylation is 2. The summed E-state index contributed by atoms with van der Waals surface area (Å²) in [4.78, 5) is 5.01. The minimum absolute atomic E-state index is 0.170. The van der Waals surface area contributed by atoms with Gasteiger partial charge in [0.15, 0.2) is 5.11 Å². The zero-order chi connectivity index (χ0) is 19.2. The van der Waals surface area contributed by atoms with E-state index in [0.29, 0.717) is 0 Å². The minimum Gasteiger partial charge on any atom is -0.375 e. The minimum atomic E-state index is 0.170. The summed E-state index contributed by atoms with van der Waals surface area (Å²) in [5, 5.41) is 4.19. The fourth-order valence-corrected chi connectivity index (χ4v) is 3.51. The van der Waals surface area contributed by atoms with E-state index in [1.165, 1.54) is 22.4 Å². The molecule has 6 heteroatoms. The Morgan fingerprint density at radius 2 is 1.85 bits per heavy atom. The van der Waals surface area contributed by atoms with E-state index in [-0.39, 0.29) is 5.11 Å². The largest absolute Gasteiger partial charge is 0.375 e. The molecule has 0 unspecified atom stereocenters. The predicted octanol–water partition coefficient (Wildman–Crippen LogP) is 2.79. The van der Waals surface area contributed by atoms with Gasteiger partial charge in [0, 0.05) is 38.4 Å². The highest BCUT2D eigenvalue weighted by molar-refractivity contribution is 7.80. The third kappa shape index (κ3) is 5.28. The lowest BCUT2D eigenvalue weighted by Crippen LogP contribution is -2.46. The van der Waals surface area contributed by atoms with E-state index in [1.807, 2.05) is 0 Å². The van der Waals surface area contributed by atoms with Crippen molar-refractivity contribution in [1.29, 1.82) is 0 Å². The highest BCUT2D eigenvalue weighted by atomic mass is 32.1. The molecule has 27 heavy (non-hydrogen) atoms. The monoisotopic (exact) mass is 381 g/mol. The maximum Gasteiger partial charge on any atom is 0.184 e. The summed E-state index contributed by atoms with van der Waals surface area (Å²) in [6, 6.07) is 15.0. The van der Waals surface area contributed by atoms with Crippen LogP contribution in [0, 0.1) is 13.8 Å². The topological polar surface area (TPSA) is 56.9 Å². The summed E-state index contributed by atoms with van der Waals surface area (Å²) < 4.78 is 0. The van der Waals surface area contributed by atoms with Crippen LogP contribution in [0.25, 0.3) is 0 Å². The molecule has 5 nitrogen and oxygen atoms in total. The molecule has 3 rings (SSSR count). The van der Waals surface area contributed by atoms with E-state index in [2.05, 4.69) is 76.6 Å². The second-order valence-corrected chi connectivity index (χ2v) is 7.41. The molecule has 1 aliphatic rings. The number of nitrogens with one attached hydrogen (secondary N) is 1. The van der Waals surface area contributed by atoms with Gasteiger partial charge in [-0.25, -0.2) is 0 Å². The number of benzene rings is 2. The van der Waals surface area contributed by atoms with E-state index in [4.69, 9.17) is 18.0 Å². The first kappa shape index (κ1) is 19.3. The molecule has 2 aromatic rings. The van der Waals surface area contributed by atoms with Crippen molar-refractivity contribution in [2.45, 2.75) is 20.4 Å². The van der Waals surface area contributed by atoms with Crippen molar-refractivity contribution >= 4 is 29.2 Å². The fourth-order valence-electron chi connectivity index (χ4n) is 3.46. The zero-order valence-corrected chi connectivity index (χ0v) is 16.8. The van der Waals surface area contributed by atoms with Gasteiger partial charge in [0.2, 0.25) is 0 Å². The highest BCUT2D eigenvalue weighted by Gasteiger charge is 2.19. The Kier molecular flexibility index (Phi) is 6.42. The van der Waals surface area contributed by atoms with Crippen LogP contribution in [0.1, 0.15) is 22.3 Å². The second-order valence-electron chi connectivity index (χ2n) is 6.97. The molecule has 0 bridgehead atoms. The Labute approximate surface area is 166 Å². The van der Waals surface area contributed by atoms with Gasteiger partial charge in [0.05, 0.1) is 6.21 Å². The second kappa shape index (κ2) is 8.97. The molecule has 0 atom stereocenters. The number of piperazine rings is 1. The summed E-state index contributed by atoms with van der Waals surface area (Å²) >= 11 is 4.74. The lowest BCUT2D eigenvalue weighted by atomic mass is 10.1. The molecule has 1 fully saturated rings. The Morgan fingerprint density at radius 1 is 1.11 bits per heavy atom. The van der Waals surface area contributed by atoms with E-state index in [0.717, 1.165) is 38.3 Å². The molecule has 0 amide bonds. The molecule has 0 aromatic heterocycles. The van der Waals surface area contributed by atoms with Crippen molar-refractivity contribution in [3.05, 3.63) is 64.7 Å². The van der Waals surface area contributed by atoms with Crippen molar-refractivity contribution in [2.75, 3.05) is 31.1 Å². The Bertz CT molecular complexity index is 825. The maximum absolute atomic E-state index is 5.37. The lowest BCUT2D eigenvalue weighted by Gasteiger charge is -2.37. The quantitative estimate of drug-likeness (QED) is 0.474. The number of hydrogen-bond acceptors (Lipinski definition) is 4. The summed E-state index contributed by atoms with van der Waals surface area (Å²) in [5.74, 6) is 0. The molecule has 1 aliphatic heterocycles. The van der Waals surface area contributed by atoms with E-state index in [9.17, 15) is 0 Å². The number of hydrazone groups is 1. The predicted molar refractivity (Wildman–Crippen MR) is 117 cm³/mol. The van der Waals surface area contributed by atoms with Gasteiger partial charge in [-0.05, 0) is 60.5 Å². The van der Waals surface area contributed by atoms with Crippen LogP contribution in [0.4, 0.5) is 5.69 Å². The van der Waals surface area contributed by atoms with Gasteiger partial charge < -0.3 is 10.6 Å². The van der Waals surface area contributed by atoms with Crippen LogP contribution in [-0.4, -0.2) is 42.4 Å². The number of thiocarbonyl (C=S) groups is 1. The first-order valence-electron chi connectivity index (χ1n) is 9.24. The summed E-state index contributed by atoms with van der Waals surface area (Å²) in [5.41, 5.74) is 14.3. The Hall–Kier alpha value is -2.44. The molecular weight excluding hydrogens is 354 g/mol. The van der Waals surface area contributed by atoms with Crippen molar-refractivity contribution in [2.24, 2.45) is 10.8 Å². The molecule has 142 valence electrons. The molecule has 3 N–H and O–H groups in total. The Morgan fingerprint density at radius 3 is 2.52 bits per heavy atom. The van der Waals surface area contributed by atoms with Gasteiger partial charge >= 0.3 is 0 Å². The van der Waals surface area contributed by atoms with Crippen molar-refractivity contribution in [1.82, 2.24) is 10.3 Å². The average Bonchev–Trinajstić information content (AvgIpc) is 2.64. The molecule has 1 heterocycles. The lowest BCUT2D eigenvalue weighted by molar-refractivity contribution is 0.249. The number of hydrogen-bond donors (Lipinski definition) is 2. The standard InChI is InChI=1S/C21H27N5S/c1-16-5-3-4-6-19(16)15-25-9-11-26(12-10-25)20-8-7-18(13-17(20)2)14-23-24-21(22)27/h3-8,13-14H,9-12,15H2,1-2H3,(H3,22,24,27)/b23-14+. The van der Waals surface area contributed by atoms with Gasteiger partial charge in [-0.15, -0.1) is 0 Å². The third-order valence-corrected chi connectivity index (χ3v) is 5.07. The van der Waals surface area contributed by atoms with Crippen molar-refractivity contribution in [3.8, 4) is 0 Å². The van der Waals surface area contributed by atoms with Crippen LogP contribution in [0.2, 0.25) is 0 Å². The van der Waals surface area contributed by atoms with Crippen LogP contribution >= 0.6 is 12.2 Å². The van der Waals surface area contributed by atoms with Gasteiger partial charge in [-0.3, -0.25) is 10.3 Å². The van der Waals surface area contributed by atoms with Crippen molar-refractivity contribution in [3.63, 3.8) is 0 Å². The molecule has 0 spiro atoms. The molecule has 0 radical (unpaired) electrons.